The third-order valence-corrected chi connectivity index (χ3v) is 14.9. The van der Waals surface area contributed by atoms with Gasteiger partial charge in [0.1, 0.15) is 53.6 Å². The van der Waals surface area contributed by atoms with E-state index in [1.807, 2.05) is 46.8 Å². The van der Waals surface area contributed by atoms with Crippen molar-refractivity contribution >= 4 is 29.5 Å². The first-order valence-electron chi connectivity index (χ1n) is 23.1. The number of carbonyl (C=O) groups is 2. The standard InChI is InChI=1S/C50H62N4O12/c1-24(2)13-12-18-48(10)19-17-28-38(64-48)27(15-14-25(3)4)40-32(39(28)62-44-37(56)36(55)41-30(61-44)22-60-47(8,9)63-41)34-33-35(54-23-51-45(52-34)53-54)29-21-31-46(6,7)66-49(42(29)57,50(31,33)65-40)20-16-26(5)43(58)59-11/h13-14,16-17,19,23,29-31,35-37,41,44,55-56H,12,15,18,20-22H2,1-11H3,(H,52,53)/b26-16-/t29?,30-,31?,35?,36-,37-,41-,44+,48?,49?,50?/m1/s1. The van der Waals surface area contributed by atoms with Crippen LogP contribution in [-0.4, -0.2) is 109 Å². The summed E-state index contributed by atoms with van der Waals surface area (Å²) >= 11 is 0. The van der Waals surface area contributed by atoms with Crippen molar-refractivity contribution in [2.75, 3.05) is 19.0 Å². The number of aliphatic hydroxyl groups is 2. The van der Waals surface area contributed by atoms with Crippen LogP contribution < -0.4 is 19.5 Å². The first kappa shape index (κ1) is 45.0. The molecule has 11 rings (SSSR count). The minimum atomic E-state index is -1.61. The van der Waals surface area contributed by atoms with E-state index in [-0.39, 0.29) is 30.5 Å². The molecule has 354 valence electrons. The summed E-state index contributed by atoms with van der Waals surface area (Å²) in [5, 5.41) is 32.0. The van der Waals surface area contributed by atoms with E-state index in [9.17, 15) is 15.0 Å². The molecule has 6 fully saturated rings. The molecule has 1 aromatic carbocycles. The first-order valence-corrected chi connectivity index (χ1v) is 23.1. The third kappa shape index (κ3) is 6.60. The molecule has 11 atom stereocenters. The largest absolute Gasteiger partial charge is 0.482 e. The molecule has 3 aliphatic carbocycles. The van der Waals surface area contributed by atoms with E-state index >= 15 is 4.79 Å². The minimum absolute atomic E-state index is 0.0204. The van der Waals surface area contributed by atoms with Crippen LogP contribution in [0.5, 0.6) is 17.2 Å². The Kier molecular flexibility index (Phi) is 10.5. The number of fused-ring (bicyclic) bond motifs is 6. The van der Waals surface area contributed by atoms with Crippen LogP contribution in [0.1, 0.15) is 118 Å². The van der Waals surface area contributed by atoms with E-state index in [0.717, 1.165) is 17.6 Å². The topological polar surface area (TPSA) is 191 Å². The van der Waals surface area contributed by atoms with Gasteiger partial charge in [0.25, 0.3) is 0 Å². The summed E-state index contributed by atoms with van der Waals surface area (Å²) in [6.07, 6.45) is 7.90. The second kappa shape index (κ2) is 15.3. The lowest BCUT2D eigenvalue weighted by atomic mass is 9.47. The van der Waals surface area contributed by atoms with Crippen molar-refractivity contribution in [1.29, 1.82) is 0 Å². The number of nitrogens with one attached hydrogen (secondary N) is 1. The number of methoxy groups -OCH3 is 1. The SMILES string of the molecule is COC(=O)/C(C)=C\CC12OC(C)(C)C3CC(C1=O)C1C4=C(Nc5ncn1n5)c1c(O[C@@H]5O[C@@H]6COC(C)(C)O[C@H]6[C@H](O)[C@H]5O)c5c(c(CC=C(C)C)c1OC432)OC(C)(CCC=C(C)C)C=C5. The maximum Gasteiger partial charge on any atom is 0.333 e. The molecule has 2 aromatic rings. The zero-order valence-electron chi connectivity index (χ0n) is 39.6. The van der Waals surface area contributed by atoms with Crippen LogP contribution in [0.15, 0.2) is 52.9 Å². The molecule has 0 radical (unpaired) electrons. The zero-order chi connectivity index (χ0) is 47.0. The van der Waals surface area contributed by atoms with E-state index in [4.69, 9.17) is 43.0 Å². The Morgan fingerprint density at radius 3 is 2.50 bits per heavy atom. The molecule has 6 bridgehead atoms. The molecular formula is C50H62N4O12. The van der Waals surface area contributed by atoms with Crippen molar-refractivity contribution in [3.05, 3.63) is 69.6 Å². The van der Waals surface area contributed by atoms with E-state index in [0.29, 0.717) is 64.7 Å². The second-order valence-corrected chi connectivity index (χ2v) is 20.9. The number of nitrogens with zero attached hydrogens (tertiary/aromatic N) is 3. The van der Waals surface area contributed by atoms with Gasteiger partial charge in [-0.15, -0.1) is 5.10 Å². The number of esters is 1. The maximum atomic E-state index is 15.6. The average Bonchev–Trinajstić information content (AvgIpc) is 3.70. The molecule has 6 unspecified atom stereocenters. The van der Waals surface area contributed by atoms with Gasteiger partial charge in [-0.2, -0.15) is 0 Å². The van der Waals surface area contributed by atoms with Gasteiger partial charge < -0.3 is 53.4 Å². The van der Waals surface area contributed by atoms with E-state index in [2.05, 4.69) is 36.3 Å². The quantitative estimate of drug-likeness (QED) is 0.134. The van der Waals surface area contributed by atoms with E-state index in [1.54, 1.807) is 37.9 Å². The fourth-order valence-electron chi connectivity index (χ4n) is 11.8. The van der Waals surface area contributed by atoms with E-state index < -0.39 is 76.8 Å². The van der Waals surface area contributed by atoms with Crippen molar-refractivity contribution in [3.63, 3.8) is 0 Å². The van der Waals surface area contributed by atoms with Gasteiger partial charge in [-0.25, -0.2) is 14.5 Å². The number of hydrogen-bond acceptors (Lipinski definition) is 15. The van der Waals surface area contributed by atoms with Crippen LogP contribution in [0.25, 0.3) is 11.8 Å². The van der Waals surface area contributed by atoms with Crippen LogP contribution >= 0.6 is 0 Å². The highest BCUT2D eigenvalue weighted by atomic mass is 16.8. The molecule has 1 spiro atoms. The Morgan fingerprint density at radius 2 is 1.77 bits per heavy atom. The van der Waals surface area contributed by atoms with Crippen molar-refractivity contribution < 1.29 is 57.7 Å². The summed E-state index contributed by atoms with van der Waals surface area (Å²) in [5.74, 6) is -1.21. The van der Waals surface area contributed by atoms with Crippen molar-refractivity contribution in [2.45, 2.75) is 166 Å². The number of carbonyl (C=O) groups excluding carboxylic acids is 2. The van der Waals surface area contributed by atoms with Crippen LogP contribution in [0.2, 0.25) is 0 Å². The second-order valence-electron chi connectivity index (χ2n) is 20.9. The Hall–Kier alpha value is -4.84. The molecule has 3 saturated heterocycles. The number of ketones is 1. The molecule has 1 aromatic heterocycles. The summed E-state index contributed by atoms with van der Waals surface area (Å²) in [7, 11) is 1.33. The number of aliphatic hydroxyl groups excluding tert-OH is 2. The highest BCUT2D eigenvalue weighted by Gasteiger charge is 2.84. The highest BCUT2D eigenvalue weighted by Crippen LogP contribution is 2.73. The molecule has 3 N–H and O–H groups in total. The number of aromatic nitrogens is 3. The molecular weight excluding hydrogens is 849 g/mol. The van der Waals surface area contributed by atoms with Crippen molar-refractivity contribution in [2.24, 2.45) is 11.8 Å². The predicted octanol–water partition coefficient (Wildman–Crippen LogP) is 6.46. The van der Waals surface area contributed by atoms with Gasteiger partial charge in [0, 0.05) is 35.0 Å². The molecule has 16 nitrogen and oxygen atoms in total. The first-order chi connectivity index (χ1) is 31.1. The lowest BCUT2D eigenvalue weighted by Crippen LogP contribution is -2.74. The molecule has 6 aliphatic heterocycles. The summed E-state index contributed by atoms with van der Waals surface area (Å²) in [6.45, 7) is 19.5. The highest BCUT2D eigenvalue weighted by molar-refractivity contribution is 6.02. The Bertz CT molecular complexity index is 2560. The number of Topliss-reactive ketones (excluding diaryl/α,β-unsaturated/α-hetero) is 1. The molecule has 0 amide bonds. The number of hydrogen-bond donors (Lipinski definition) is 3. The molecule has 3 saturated carbocycles. The smallest absolute Gasteiger partial charge is 0.333 e. The van der Waals surface area contributed by atoms with Gasteiger partial charge in [-0.1, -0.05) is 29.4 Å². The van der Waals surface area contributed by atoms with Crippen LogP contribution in [0.3, 0.4) is 0 Å². The Morgan fingerprint density at radius 1 is 1.02 bits per heavy atom. The summed E-state index contributed by atoms with van der Waals surface area (Å²) in [4.78, 5) is 33.2. The Labute approximate surface area is 385 Å². The van der Waals surface area contributed by atoms with Crippen LogP contribution in [0.4, 0.5) is 5.95 Å². The van der Waals surface area contributed by atoms with Crippen LogP contribution in [-0.2, 0) is 39.7 Å². The number of ether oxygens (including phenoxy) is 8. The third-order valence-electron chi connectivity index (χ3n) is 14.9. The monoisotopic (exact) mass is 910 g/mol. The molecule has 16 heteroatoms. The lowest BCUT2D eigenvalue weighted by molar-refractivity contribution is -0.373. The maximum absolute atomic E-state index is 15.6. The molecule has 7 heterocycles. The van der Waals surface area contributed by atoms with Gasteiger partial charge in [-0.3, -0.25) is 4.79 Å². The summed E-state index contributed by atoms with van der Waals surface area (Å²) < 4.78 is 54.7. The fraction of sp³-hybridized carbons (Fsp3) is 0.600. The number of anilines is 1. The number of benzene rings is 1. The van der Waals surface area contributed by atoms with E-state index in [1.165, 1.54) is 12.7 Å². The Balaban J connectivity index is 1.25. The lowest BCUT2D eigenvalue weighted by Gasteiger charge is -2.61. The van der Waals surface area contributed by atoms with Crippen LogP contribution in [0, 0.1) is 11.8 Å². The zero-order valence-corrected chi connectivity index (χ0v) is 39.6. The molecule has 9 aliphatic rings. The predicted molar refractivity (Wildman–Crippen MR) is 240 cm³/mol. The van der Waals surface area contributed by atoms with Gasteiger partial charge in [0.15, 0.2) is 22.8 Å². The van der Waals surface area contributed by atoms with Crippen molar-refractivity contribution in [3.8, 4) is 17.2 Å². The van der Waals surface area contributed by atoms with Gasteiger partial charge in [0.05, 0.1) is 42.2 Å². The minimum Gasteiger partial charge on any atom is -0.482 e. The average molecular weight is 911 g/mol. The number of rotatable bonds is 10. The fourth-order valence-corrected chi connectivity index (χ4v) is 11.8. The summed E-state index contributed by atoms with van der Waals surface area (Å²) in [6, 6.07) is -0.640. The number of allylic oxidation sites excluding steroid dienone is 4. The van der Waals surface area contributed by atoms with Crippen molar-refractivity contribution in [1.82, 2.24) is 14.8 Å². The van der Waals surface area contributed by atoms with Gasteiger partial charge >= 0.3 is 5.97 Å². The van der Waals surface area contributed by atoms with Gasteiger partial charge in [-0.05, 0) is 107 Å². The molecule has 66 heavy (non-hydrogen) atoms. The summed E-state index contributed by atoms with van der Waals surface area (Å²) in [5.41, 5.74) is 0.948. The van der Waals surface area contributed by atoms with Gasteiger partial charge in [0.2, 0.25) is 12.2 Å². The normalized spacial score (nSPS) is 35.8.